The minimum atomic E-state index is -4.42. The lowest BCUT2D eigenvalue weighted by Gasteiger charge is -2.10. The SMILES string of the molecule is COc1cc(-c2ccc(C(F)(F)F)cc2)cc2sc(CC(=N)OC(=N)CC(=O)NC3(C#N)CC3)nc12. The lowest BCUT2D eigenvalue weighted by Crippen LogP contribution is -2.37. The molecular weight excluding hydrogens is 495 g/mol. The van der Waals surface area contributed by atoms with Crippen LogP contribution in [0.15, 0.2) is 36.4 Å². The number of fused-ring (bicyclic) bond motifs is 1. The number of carbonyl (C=O) groups excluding carboxylic acids is 1. The predicted octanol–water partition coefficient (Wildman–Crippen LogP) is 5.07. The molecule has 0 radical (unpaired) electrons. The fourth-order valence-corrected chi connectivity index (χ4v) is 4.52. The van der Waals surface area contributed by atoms with Crippen LogP contribution in [0.5, 0.6) is 5.75 Å². The Labute approximate surface area is 207 Å². The summed E-state index contributed by atoms with van der Waals surface area (Å²) in [6.07, 6.45) is -3.71. The van der Waals surface area contributed by atoms with Gasteiger partial charge in [0.1, 0.15) is 28.2 Å². The van der Waals surface area contributed by atoms with Gasteiger partial charge in [-0.15, -0.1) is 11.3 Å². The zero-order valence-electron chi connectivity index (χ0n) is 19.0. The number of nitrogens with zero attached hydrogens (tertiary/aromatic N) is 2. The third-order valence-corrected chi connectivity index (χ3v) is 6.49. The second-order valence-corrected chi connectivity index (χ2v) is 9.37. The Kier molecular flexibility index (Phi) is 6.69. The van der Waals surface area contributed by atoms with Gasteiger partial charge >= 0.3 is 6.18 Å². The van der Waals surface area contributed by atoms with Crippen LogP contribution in [0.2, 0.25) is 0 Å². The van der Waals surface area contributed by atoms with E-state index in [1.807, 2.05) is 6.07 Å². The second-order valence-electron chi connectivity index (χ2n) is 8.25. The van der Waals surface area contributed by atoms with Crippen LogP contribution in [0.4, 0.5) is 13.2 Å². The number of methoxy groups -OCH3 is 1. The van der Waals surface area contributed by atoms with Crippen LogP contribution >= 0.6 is 11.3 Å². The van der Waals surface area contributed by atoms with E-state index in [4.69, 9.17) is 25.6 Å². The number of hydrogen-bond acceptors (Lipinski definition) is 8. The molecule has 0 bridgehead atoms. The van der Waals surface area contributed by atoms with E-state index in [9.17, 15) is 18.0 Å². The van der Waals surface area contributed by atoms with E-state index < -0.39 is 35.5 Å². The van der Waals surface area contributed by atoms with E-state index in [2.05, 4.69) is 10.3 Å². The number of carbonyl (C=O) groups is 1. The van der Waals surface area contributed by atoms with E-state index in [-0.39, 0.29) is 12.3 Å². The zero-order valence-corrected chi connectivity index (χ0v) is 19.8. The standard InChI is InChI=1S/C24H20F3N5O3S/c1-34-16-8-14(13-2-4-15(5-3-13)24(25,26)27)9-17-22(16)31-21(36-17)11-19(30)35-18(29)10-20(33)32-23(12-28)6-7-23/h2-5,8-9,29-30H,6-7,10-11H2,1H3,(H,32,33). The highest BCUT2D eigenvalue weighted by Gasteiger charge is 2.44. The molecule has 0 aliphatic heterocycles. The molecule has 2 aromatic carbocycles. The summed E-state index contributed by atoms with van der Waals surface area (Å²) >= 11 is 1.25. The third kappa shape index (κ3) is 5.63. The Hall–Kier alpha value is -3.98. The number of aromatic nitrogens is 1. The molecule has 3 aromatic rings. The summed E-state index contributed by atoms with van der Waals surface area (Å²) < 4.78 is 49.9. The first kappa shape index (κ1) is 25.1. The minimum absolute atomic E-state index is 0.0375. The number of nitrogens with one attached hydrogen (secondary N) is 3. The number of amides is 1. The van der Waals surface area contributed by atoms with Crippen LogP contribution in [-0.2, 0) is 22.1 Å². The smallest absolute Gasteiger partial charge is 0.416 e. The molecule has 8 nitrogen and oxygen atoms in total. The van der Waals surface area contributed by atoms with Crippen LogP contribution in [0.3, 0.4) is 0 Å². The fourth-order valence-electron chi connectivity index (χ4n) is 3.50. The molecule has 12 heteroatoms. The summed E-state index contributed by atoms with van der Waals surface area (Å²) in [4.78, 5) is 16.5. The van der Waals surface area contributed by atoms with Crippen LogP contribution < -0.4 is 10.1 Å². The molecule has 36 heavy (non-hydrogen) atoms. The molecular formula is C24H20F3N5O3S. The van der Waals surface area contributed by atoms with Crippen molar-refractivity contribution in [2.75, 3.05) is 7.11 Å². The van der Waals surface area contributed by atoms with E-state index in [0.29, 0.717) is 44.9 Å². The van der Waals surface area contributed by atoms with Gasteiger partial charge in [-0.1, -0.05) is 12.1 Å². The van der Waals surface area contributed by atoms with Crippen molar-refractivity contribution in [1.82, 2.24) is 10.3 Å². The van der Waals surface area contributed by atoms with E-state index >= 15 is 0 Å². The highest BCUT2D eigenvalue weighted by Crippen LogP contribution is 2.37. The van der Waals surface area contributed by atoms with Gasteiger partial charge < -0.3 is 14.8 Å². The molecule has 186 valence electrons. The van der Waals surface area contributed by atoms with Gasteiger partial charge in [-0.3, -0.25) is 15.6 Å². The molecule has 1 aromatic heterocycles. The van der Waals surface area contributed by atoms with Gasteiger partial charge in [-0.2, -0.15) is 18.4 Å². The molecule has 4 rings (SSSR count). The predicted molar refractivity (Wildman–Crippen MR) is 127 cm³/mol. The quantitative estimate of drug-likeness (QED) is 0.299. The molecule has 0 atom stereocenters. The van der Waals surface area contributed by atoms with Gasteiger partial charge in [0.2, 0.25) is 5.91 Å². The minimum Gasteiger partial charge on any atom is -0.494 e. The number of ether oxygens (including phenoxy) is 2. The number of rotatable bonds is 7. The Bertz CT molecular complexity index is 1390. The molecule has 3 N–H and O–H groups in total. The molecule has 1 heterocycles. The number of alkyl halides is 3. The van der Waals surface area contributed by atoms with E-state index in [0.717, 1.165) is 12.1 Å². The molecule has 0 unspecified atom stereocenters. The van der Waals surface area contributed by atoms with Crippen LogP contribution in [0.25, 0.3) is 21.3 Å². The van der Waals surface area contributed by atoms with Gasteiger partial charge in [0.05, 0.1) is 29.9 Å². The lowest BCUT2D eigenvalue weighted by molar-refractivity contribution is -0.137. The van der Waals surface area contributed by atoms with Crippen molar-refractivity contribution in [2.24, 2.45) is 0 Å². The third-order valence-electron chi connectivity index (χ3n) is 5.49. The van der Waals surface area contributed by atoms with E-state index in [1.165, 1.54) is 30.6 Å². The van der Waals surface area contributed by atoms with Gasteiger partial charge in [0.15, 0.2) is 11.8 Å². The first-order valence-electron chi connectivity index (χ1n) is 10.7. The van der Waals surface area contributed by atoms with Crippen molar-refractivity contribution >= 4 is 39.3 Å². The van der Waals surface area contributed by atoms with Crippen molar-refractivity contribution in [3.05, 3.63) is 47.0 Å². The van der Waals surface area contributed by atoms with Crippen molar-refractivity contribution < 1.29 is 27.4 Å². The monoisotopic (exact) mass is 515 g/mol. The maximum Gasteiger partial charge on any atom is 0.416 e. The topological polar surface area (TPSA) is 132 Å². The van der Waals surface area contributed by atoms with Crippen LogP contribution in [0.1, 0.15) is 29.8 Å². The summed E-state index contributed by atoms with van der Waals surface area (Å²) in [5, 5.41) is 28.0. The van der Waals surface area contributed by atoms with Crippen molar-refractivity contribution in [3.8, 4) is 22.9 Å². The number of benzene rings is 2. The average molecular weight is 516 g/mol. The molecule has 0 saturated heterocycles. The number of hydrogen-bond donors (Lipinski definition) is 3. The van der Waals surface area contributed by atoms with Gasteiger partial charge in [-0.05, 0) is 48.2 Å². The molecule has 1 aliphatic rings. The molecule has 1 saturated carbocycles. The molecule has 1 amide bonds. The maximum atomic E-state index is 12.9. The largest absolute Gasteiger partial charge is 0.494 e. The normalized spacial score (nSPS) is 14.1. The Balaban J connectivity index is 1.45. The highest BCUT2D eigenvalue weighted by molar-refractivity contribution is 7.18. The van der Waals surface area contributed by atoms with Gasteiger partial charge in [0, 0.05) is 0 Å². The summed E-state index contributed by atoms with van der Waals surface area (Å²) in [7, 11) is 1.46. The maximum absolute atomic E-state index is 12.9. The molecule has 1 fully saturated rings. The summed E-state index contributed by atoms with van der Waals surface area (Å²) in [5.41, 5.74) is 0.169. The average Bonchev–Trinajstić information content (AvgIpc) is 3.46. The van der Waals surface area contributed by atoms with Gasteiger partial charge in [-0.25, -0.2) is 4.98 Å². The lowest BCUT2D eigenvalue weighted by atomic mass is 10.0. The molecule has 0 spiro atoms. The van der Waals surface area contributed by atoms with Gasteiger partial charge in [0.25, 0.3) is 0 Å². The van der Waals surface area contributed by atoms with Crippen LogP contribution in [-0.4, -0.2) is 35.3 Å². The fraction of sp³-hybridized carbons (Fsp3) is 0.292. The summed E-state index contributed by atoms with van der Waals surface area (Å²) in [5.74, 6) is -0.801. The Morgan fingerprint density at radius 3 is 2.47 bits per heavy atom. The molecule has 1 aliphatic carbocycles. The van der Waals surface area contributed by atoms with E-state index in [1.54, 1.807) is 12.1 Å². The second kappa shape index (κ2) is 9.58. The van der Waals surface area contributed by atoms with Crippen molar-refractivity contribution in [2.45, 2.75) is 37.4 Å². The number of thiazole rings is 1. The zero-order chi connectivity index (χ0) is 26.1. The van der Waals surface area contributed by atoms with Crippen molar-refractivity contribution in [3.63, 3.8) is 0 Å². The van der Waals surface area contributed by atoms with Crippen LogP contribution in [0, 0.1) is 22.1 Å². The number of nitriles is 1. The summed E-state index contributed by atoms with van der Waals surface area (Å²) in [6.45, 7) is 0. The number of halogens is 3. The highest BCUT2D eigenvalue weighted by atomic mass is 32.1. The summed E-state index contributed by atoms with van der Waals surface area (Å²) in [6, 6.07) is 10.3. The Morgan fingerprint density at radius 2 is 1.89 bits per heavy atom. The first-order valence-corrected chi connectivity index (χ1v) is 11.5. The van der Waals surface area contributed by atoms with Crippen molar-refractivity contribution in [1.29, 1.82) is 16.1 Å². The Morgan fingerprint density at radius 1 is 1.19 bits per heavy atom. The first-order chi connectivity index (χ1) is 17.0.